The number of anilines is 1. The topological polar surface area (TPSA) is 143 Å². The number of amides is 1. The summed E-state index contributed by atoms with van der Waals surface area (Å²) < 4.78 is 78.2. The summed E-state index contributed by atoms with van der Waals surface area (Å²) in [5.74, 6) is -1.99. The van der Waals surface area contributed by atoms with Gasteiger partial charge in [-0.1, -0.05) is 23.7 Å². The third kappa shape index (κ3) is 6.84. The molecule has 0 saturated carbocycles. The number of carbonyl (C=O) groups excluding carboxylic acids is 2. The number of ether oxygens (including phenoxy) is 2. The lowest BCUT2D eigenvalue weighted by molar-refractivity contribution is -0.121. The van der Waals surface area contributed by atoms with Crippen molar-refractivity contribution in [3.05, 3.63) is 63.6 Å². The van der Waals surface area contributed by atoms with Crippen LogP contribution in [0.2, 0.25) is 5.02 Å². The van der Waals surface area contributed by atoms with Gasteiger partial charge in [0.05, 0.1) is 36.9 Å². The largest absolute Gasteiger partial charge is 0.516 e. The van der Waals surface area contributed by atoms with Gasteiger partial charge in [0.1, 0.15) is 11.2 Å². The van der Waals surface area contributed by atoms with Gasteiger partial charge < -0.3 is 24.8 Å². The molecule has 1 amide bonds. The van der Waals surface area contributed by atoms with Crippen molar-refractivity contribution in [2.45, 2.75) is 51.8 Å². The van der Waals surface area contributed by atoms with Crippen LogP contribution in [0.5, 0.6) is 0 Å². The Morgan fingerprint density at radius 3 is 2.40 bits per heavy atom. The first-order valence-electron chi connectivity index (χ1n) is 14.9. The molecule has 0 bridgehead atoms. The normalized spacial score (nSPS) is 17.0. The summed E-state index contributed by atoms with van der Waals surface area (Å²) in [4.78, 5) is 34.2. The number of imidazole rings is 1. The average Bonchev–Trinajstić information content (AvgIpc) is 3.54. The van der Waals surface area contributed by atoms with Crippen LogP contribution in [0.1, 0.15) is 49.4 Å². The van der Waals surface area contributed by atoms with E-state index in [1.54, 1.807) is 52.8 Å². The maximum absolute atomic E-state index is 13.8. The zero-order valence-corrected chi connectivity index (χ0v) is 28.4. The van der Waals surface area contributed by atoms with Gasteiger partial charge in [-0.2, -0.15) is 21.6 Å². The molecule has 260 valence electrons. The number of halogens is 4. The molecule has 0 aliphatic carbocycles. The summed E-state index contributed by atoms with van der Waals surface area (Å²) in [6.07, 6.45) is -2.27. The molecular formula is C31H35ClF3N5O7S. The Morgan fingerprint density at radius 2 is 1.79 bits per heavy atom. The molecule has 0 radical (unpaired) electrons. The molecule has 17 heteroatoms. The highest BCUT2D eigenvalue weighted by molar-refractivity contribution is 7.90. The molecule has 1 atom stereocenters. The summed E-state index contributed by atoms with van der Waals surface area (Å²) in [5.41, 5.74) is -4.97. The van der Waals surface area contributed by atoms with Crippen LogP contribution in [0.15, 0.2) is 36.0 Å². The van der Waals surface area contributed by atoms with Crippen LogP contribution in [-0.2, 0) is 24.3 Å². The SMILES string of the molecule is Cc1ccc([C@H](O)CNC2=C(c3nc4c(C)cc(N5CCOCC5)cc4n3C(=O)OC(C)(C)C)C(=O)N(S(=O)(=O)C(F)(F)F)C2)cc1Cl. The van der Waals surface area contributed by atoms with Crippen molar-refractivity contribution in [3.8, 4) is 0 Å². The number of sulfonamides is 1. The van der Waals surface area contributed by atoms with Gasteiger partial charge in [0.25, 0.3) is 5.91 Å². The van der Waals surface area contributed by atoms with Gasteiger partial charge >= 0.3 is 21.6 Å². The molecule has 2 N–H and O–H groups in total. The number of aromatic nitrogens is 2. The molecule has 48 heavy (non-hydrogen) atoms. The minimum atomic E-state index is -6.17. The molecule has 2 aliphatic rings. The highest BCUT2D eigenvalue weighted by Gasteiger charge is 2.55. The van der Waals surface area contributed by atoms with Crippen LogP contribution in [0.4, 0.5) is 23.7 Å². The fourth-order valence-electron chi connectivity index (χ4n) is 5.39. The molecule has 2 aliphatic heterocycles. The summed E-state index contributed by atoms with van der Waals surface area (Å²) in [5, 5.41) is 14.0. The van der Waals surface area contributed by atoms with E-state index in [4.69, 9.17) is 21.1 Å². The molecular weight excluding hydrogens is 679 g/mol. The monoisotopic (exact) mass is 713 g/mol. The van der Waals surface area contributed by atoms with E-state index in [2.05, 4.69) is 10.3 Å². The average molecular weight is 714 g/mol. The van der Waals surface area contributed by atoms with Crippen molar-refractivity contribution in [1.82, 2.24) is 19.2 Å². The van der Waals surface area contributed by atoms with E-state index in [1.165, 1.54) is 6.07 Å². The first kappa shape index (κ1) is 35.4. The number of fused-ring (bicyclic) bond motifs is 1. The molecule has 0 spiro atoms. The Labute approximate surface area is 280 Å². The number of aryl methyl sites for hydroxylation is 2. The standard InChI is InChI=1S/C31H35ClF3N5O7S/c1-17-6-7-19(13-21(17)32)24(41)15-36-22-16-39(48(44,45)31(33,34)35)28(42)25(22)27-37-26-18(2)12-20(38-8-10-46-11-9-38)14-23(26)40(27)29(43)47-30(3,4)5/h6-7,12-14,24,36,41H,8-11,15-16H2,1-5H3/t24-/m1/s1. The van der Waals surface area contributed by atoms with E-state index in [0.717, 1.165) is 10.1 Å². The molecule has 1 saturated heterocycles. The van der Waals surface area contributed by atoms with Crippen LogP contribution < -0.4 is 10.2 Å². The van der Waals surface area contributed by atoms with E-state index in [0.29, 0.717) is 48.1 Å². The van der Waals surface area contributed by atoms with Crippen LogP contribution in [0.3, 0.4) is 0 Å². The van der Waals surface area contributed by atoms with E-state index in [9.17, 15) is 36.3 Å². The second-order valence-corrected chi connectivity index (χ2v) is 14.8. The highest BCUT2D eigenvalue weighted by atomic mass is 35.5. The summed E-state index contributed by atoms with van der Waals surface area (Å²) >= 11 is 6.19. The number of alkyl halides is 3. The fourth-order valence-corrected chi connectivity index (χ4v) is 6.44. The number of aliphatic hydroxyl groups excluding tert-OH is 1. The lowest BCUT2D eigenvalue weighted by Crippen LogP contribution is -2.43. The number of carbonyl (C=O) groups is 2. The Hall–Kier alpha value is -3.86. The van der Waals surface area contributed by atoms with Crippen LogP contribution in [-0.4, -0.2) is 89.9 Å². The second-order valence-electron chi connectivity index (χ2n) is 12.5. The maximum Gasteiger partial charge on any atom is 0.516 e. The zero-order chi connectivity index (χ0) is 35.3. The van der Waals surface area contributed by atoms with Gasteiger partial charge in [-0.3, -0.25) is 4.79 Å². The van der Waals surface area contributed by atoms with Crippen molar-refractivity contribution in [1.29, 1.82) is 0 Å². The van der Waals surface area contributed by atoms with Gasteiger partial charge in [-0.25, -0.2) is 18.7 Å². The maximum atomic E-state index is 13.8. The minimum absolute atomic E-state index is 0.187. The number of benzene rings is 2. The van der Waals surface area contributed by atoms with Crippen LogP contribution >= 0.6 is 11.6 Å². The molecule has 2 aromatic carbocycles. The second kappa shape index (κ2) is 12.9. The molecule has 1 fully saturated rings. The molecule has 1 aromatic heterocycles. The predicted molar refractivity (Wildman–Crippen MR) is 172 cm³/mol. The molecule has 12 nitrogen and oxygen atoms in total. The van der Waals surface area contributed by atoms with Crippen LogP contribution in [0, 0.1) is 13.8 Å². The highest BCUT2D eigenvalue weighted by Crippen LogP contribution is 2.38. The van der Waals surface area contributed by atoms with Crippen molar-refractivity contribution >= 4 is 55.9 Å². The summed E-state index contributed by atoms with van der Waals surface area (Å²) in [7, 11) is -6.17. The van der Waals surface area contributed by atoms with Gasteiger partial charge in [0, 0.05) is 36.0 Å². The van der Waals surface area contributed by atoms with Gasteiger partial charge in [-0.15, -0.1) is 0 Å². The number of nitrogens with zero attached hydrogens (tertiary/aromatic N) is 4. The number of hydrogen-bond donors (Lipinski definition) is 2. The van der Waals surface area contributed by atoms with Crippen molar-refractivity contribution in [2.24, 2.45) is 0 Å². The first-order valence-corrected chi connectivity index (χ1v) is 16.8. The molecule has 3 aromatic rings. The quantitative estimate of drug-likeness (QED) is 0.355. The number of hydrogen-bond acceptors (Lipinski definition) is 10. The minimum Gasteiger partial charge on any atom is -0.443 e. The Balaban J connectivity index is 1.68. The summed E-state index contributed by atoms with van der Waals surface area (Å²) in [6.45, 7) is 8.91. The number of aliphatic hydroxyl groups is 1. The number of rotatable bonds is 7. The predicted octanol–water partition coefficient (Wildman–Crippen LogP) is 4.65. The van der Waals surface area contributed by atoms with E-state index in [1.807, 2.05) is 11.0 Å². The Morgan fingerprint density at radius 1 is 1.12 bits per heavy atom. The first-order chi connectivity index (χ1) is 22.3. The lowest BCUT2D eigenvalue weighted by Gasteiger charge is -2.29. The zero-order valence-electron chi connectivity index (χ0n) is 26.8. The van der Waals surface area contributed by atoms with Gasteiger partial charge in [0.2, 0.25) is 0 Å². The fraction of sp³-hybridized carbons (Fsp3) is 0.452. The molecule has 3 heterocycles. The van der Waals surface area contributed by atoms with Crippen molar-refractivity contribution < 1.29 is 45.8 Å². The van der Waals surface area contributed by atoms with E-state index in [-0.39, 0.29) is 27.6 Å². The third-order valence-electron chi connectivity index (χ3n) is 7.83. The van der Waals surface area contributed by atoms with Crippen molar-refractivity contribution in [3.63, 3.8) is 0 Å². The molecule has 0 unspecified atom stereocenters. The molecule has 5 rings (SSSR count). The number of morpholine rings is 1. The van der Waals surface area contributed by atoms with Crippen molar-refractivity contribution in [2.75, 3.05) is 44.3 Å². The smallest absolute Gasteiger partial charge is 0.443 e. The van der Waals surface area contributed by atoms with Crippen LogP contribution in [0.25, 0.3) is 16.6 Å². The number of nitrogens with one attached hydrogen (secondary N) is 1. The Kier molecular flexibility index (Phi) is 9.51. The summed E-state index contributed by atoms with van der Waals surface area (Å²) in [6, 6.07) is 8.24. The van der Waals surface area contributed by atoms with Gasteiger partial charge in [0.15, 0.2) is 5.82 Å². The van der Waals surface area contributed by atoms with E-state index < -0.39 is 57.2 Å². The third-order valence-corrected chi connectivity index (χ3v) is 9.69. The lowest BCUT2D eigenvalue weighted by atomic mass is 10.1. The van der Waals surface area contributed by atoms with Gasteiger partial charge in [-0.05, 0) is 69.5 Å². The Bertz CT molecular complexity index is 1920. The van der Waals surface area contributed by atoms with E-state index >= 15 is 0 Å².